The summed E-state index contributed by atoms with van der Waals surface area (Å²) in [4.78, 5) is 37.6. The van der Waals surface area contributed by atoms with E-state index in [4.69, 9.17) is 0 Å². The number of H-pyrrole nitrogens is 1. The van der Waals surface area contributed by atoms with Crippen LogP contribution in [0.15, 0.2) is 54.9 Å². The first-order chi connectivity index (χ1) is 19.1. The fraction of sp³-hybridized carbons (Fsp3) is 0.241. The number of amides is 2. The van der Waals surface area contributed by atoms with Crippen molar-refractivity contribution >= 4 is 34.3 Å². The summed E-state index contributed by atoms with van der Waals surface area (Å²) in [5.41, 5.74) is 2.96. The number of nitrogens with zero attached hydrogens (tertiary/aromatic N) is 3. The van der Waals surface area contributed by atoms with E-state index in [2.05, 4.69) is 20.3 Å². The van der Waals surface area contributed by atoms with Crippen LogP contribution in [0.4, 0.5) is 14.9 Å². The third kappa shape index (κ3) is 5.16. The molecule has 0 unspecified atom stereocenters. The maximum absolute atomic E-state index is 14.8. The van der Waals surface area contributed by atoms with Crippen molar-refractivity contribution in [1.29, 1.82) is 0 Å². The molecule has 2 aromatic heterocycles. The van der Waals surface area contributed by atoms with E-state index in [1.807, 2.05) is 12.1 Å². The summed E-state index contributed by atoms with van der Waals surface area (Å²) in [5.74, 6) is -1.48. The Balaban J connectivity index is 1.48. The number of benzene rings is 2. The molecular formula is C29H28FN5O5. The Kier molecular flexibility index (Phi) is 7.09. The Labute approximate surface area is 228 Å². The van der Waals surface area contributed by atoms with Gasteiger partial charge in [0.25, 0.3) is 5.91 Å². The van der Waals surface area contributed by atoms with E-state index >= 15 is 0 Å². The Morgan fingerprint density at radius 2 is 1.98 bits per heavy atom. The Bertz CT molecular complexity index is 1660. The van der Waals surface area contributed by atoms with Gasteiger partial charge >= 0.3 is 6.09 Å². The van der Waals surface area contributed by atoms with E-state index in [9.17, 15) is 29.3 Å². The number of anilines is 1. The minimum atomic E-state index is -1.26. The molecule has 5 N–H and O–H groups in total. The fourth-order valence-electron chi connectivity index (χ4n) is 4.78. The summed E-state index contributed by atoms with van der Waals surface area (Å²) in [6, 6.07) is 10.9. The van der Waals surface area contributed by atoms with Crippen LogP contribution in [0.25, 0.3) is 27.9 Å². The second-order valence-electron chi connectivity index (χ2n) is 10.1. The van der Waals surface area contributed by atoms with Gasteiger partial charge in [-0.3, -0.25) is 4.79 Å². The van der Waals surface area contributed by atoms with Crippen LogP contribution in [0.3, 0.4) is 0 Å². The average Bonchev–Trinajstić information content (AvgIpc) is 3.37. The molecule has 4 aromatic rings. The summed E-state index contributed by atoms with van der Waals surface area (Å²) in [6.45, 7) is 3.29. The standard InChI is InChI=1S/C29H28FN5O5/c1-29(2,40)17-6-7-19(22(30)12-17)27(37)34-23-5-3-4-18(21(23)14-36)25-20-13-24(33-26(20)32-15-31-25)16-8-10-35(11-9-16)28(38)39/h3-8,12-13,15,36,40H,9-11,14H2,1-2H3,(H,34,37)(H,38,39)(H,31,32,33). The zero-order chi connectivity index (χ0) is 28.6. The molecule has 10 nitrogen and oxygen atoms in total. The van der Waals surface area contributed by atoms with Gasteiger partial charge in [-0.05, 0) is 55.7 Å². The summed E-state index contributed by atoms with van der Waals surface area (Å²) >= 11 is 0. The van der Waals surface area contributed by atoms with Crippen LogP contribution >= 0.6 is 0 Å². The number of aromatic nitrogens is 3. The molecule has 1 aliphatic heterocycles. The molecule has 0 radical (unpaired) electrons. The number of aromatic amines is 1. The topological polar surface area (TPSA) is 152 Å². The second-order valence-corrected chi connectivity index (χ2v) is 10.1. The zero-order valence-corrected chi connectivity index (χ0v) is 21.9. The molecule has 3 heterocycles. The molecule has 0 saturated carbocycles. The van der Waals surface area contributed by atoms with Gasteiger partial charge in [-0.15, -0.1) is 0 Å². The lowest BCUT2D eigenvalue weighted by molar-refractivity contribution is 0.0780. The summed E-state index contributed by atoms with van der Waals surface area (Å²) < 4.78 is 14.8. The Morgan fingerprint density at radius 1 is 1.18 bits per heavy atom. The van der Waals surface area contributed by atoms with Crippen LogP contribution in [0.5, 0.6) is 0 Å². The van der Waals surface area contributed by atoms with Gasteiger partial charge in [-0.25, -0.2) is 19.2 Å². The van der Waals surface area contributed by atoms with Crippen molar-refractivity contribution in [2.75, 3.05) is 18.4 Å². The van der Waals surface area contributed by atoms with Gasteiger partial charge in [0.2, 0.25) is 0 Å². The highest BCUT2D eigenvalue weighted by Crippen LogP contribution is 2.35. The number of carboxylic acid groups (broad SMARTS) is 1. The van der Waals surface area contributed by atoms with Crippen molar-refractivity contribution in [1.82, 2.24) is 19.9 Å². The smallest absolute Gasteiger partial charge is 0.407 e. The lowest BCUT2D eigenvalue weighted by Crippen LogP contribution is -2.33. The number of carbonyl (C=O) groups excluding carboxylic acids is 1. The monoisotopic (exact) mass is 545 g/mol. The first-order valence-electron chi connectivity index (χ1n) is 12.6. The molecule has 0 fully saturated rings. The van der Waals surface area contributed by atoms with Gasteiger partial charge in [0, 0.05) is 41.0 Å². The number of rotatable bonds is 6. The van der Waals surface area contributed by atoms with Crippen LogP contribution in [0.1, 0.15) is 47.4 Å². The van der Waals surface area contributed by atoms with E-state index in [1.165, 1.54) is 37.2 Å². The molecule has 1 aliphatic rings. The van der Waals surface area contributed by atoms with Gasteiger partial charge in [0.1, 0.15) is 17.8 Å². The minimum absolute atomic E-state index is 0.204. The van der Waals surface area contributed by atoms with E-state index in [-0.39, 0.29) is 12.1 Å². The Hall–Kier alpha value is -4.61. The lowest BCUT2D eigenvalue weighted by Gasteiger charge is -2.23. The predicted octanol–water partition coefficient (Wildman–Crippen LogP) is 4.50. The number of nitrogens with one attached hydrogen (secondary N) is 2. The quantitative estimate of drug-likeness (QED) is 0.239. The van der Waals surface area contributed by atoms with Gasteiger partial charge in [-0.1, -0.05) is 24.3 Å². The SMILES string of the molecule is CC(C)(O)c1ccc(C(=O)Nc2cccc(-c3ncnc4[nH]c(C5=CCN(C(=O)O)CC5)cc34)c2CO)c(F)c1. The van der Waals surface area contributed by atoms with Gasteiger partial charge in [-0.2, -0.15) is 0 Å². The molecule has 2 amide bonds. The van der Waals surface area contributed by atoms with Crippen LogP contribution in [0, 0.1) is 5.82 Å². The van der Waals surface area contributed by atoms with Gasteiger partial charge in [0.15, 0.2) is 0 Å². The lowest BCUT2D eigenvalue weighted by atomic mass is 9.96. The molecule has 11 heteroatoms. The highest BCUT2D eigenvalue weighted by molar-refractivity contribution is 6.05. The molecular weight excluding hydrogens is 517 g/mol. The van der Waals surface area contributed by atoms with Crippen molar-refractivity contribution < 1.29 is 29.3 Å². The number of fused-ring (bicyclic) bond motifs is 1. The highest BCUT2D eigenvalue weighted by Gasteiger charge is 2.23. The third-order valence-electron chi connectivity index (χ3n) is 7.01. The first kappa shape index (κ1) is 27.0. The summed E-state index contributed by atoms with van der Waals surface area (Å²) in [5, 5.41) is 33.0. The van der Waals surface area contributed by atoms with Crippen LogP contribution in [-0.2, 0) is 12.2 Å². The second kappa shape index (κ2) is 10.5. The van der Waals surface area contributed by atoms with E-state index in [0.29, 0.717) is 52.1 Å². The van der Waals surface area contributed by atoms with Crippen LogP contribution in [0.2, 0.25) is 0 Å². The number of halogens is 1. The van der Waals surface area contributed by atoms with Gasteiger partial charge in [0.05, 0.1) is 23.5 Å². The maximum Gasteiger partial charge on any atom is 0.407 e. The van der Waals surface area contributed by atoms with Crippen LogP contribution in [-0.4, -0.2) is 60.3 Å². The molecule has 40 heavy (non-hydrogen) atoms. The first-order valence-corrected chi connectivity index (χ1v) is 12.6. The molecule has 206 valence electrons. The van der Waals surface area contributed by atoms with Gasteiger partial charge < -0.3 is 30.5 Å². The van der Waals surface area contributed by atoms with Crippen molar-refractivity contribution in [3.8, 4) is 11.3 Å². The number of aliphatic hydroxyl groups excluding tert-OH is 1. The summed E-state index contributed by atoms with van der Waals surface area (Å²) in [7, 11) is 0. The molecule has 0 aliphatic carbocycles. The molecule has 0 spiro atoms. The molecule has 0 bridgehead atoms. The highest BCUT2D eigenvalue weighted by atomic mass is 19.1. The molecule has 2 aromatic carbocycles. The maximum atomic E-state index is 14.8. The number of hydrogen-bond acceptors (Lipinski definition) is 6. The molecule has 5 rings (SSSR count). The zero-order valence-electron chi connectivity index (χ0n) is 21.9. The van der Waals surface area contributed by atoms with Crippen molar-refractivity contribution in [3.63, 3.8) is 0 Å². The Morgan fingerprint density at radius 3 is 2.62 bits per heavy atom. The average molecular weight is 546 g/mol. The number of carbonyl (C=O) groups is 2. The van der Waals surface area contributed by atoms with E-state index in [0.717, 1.165) is 17.3 Å². The summed E-state index contributed by atoms with van der Waals surface area (Å²) in [6.07, 6.45) is 2.83. The largest absolute Gasteiger partial charge is 0.465 e. The van der Waals surface area contributed by atoms with Crippen LogP contribution < -0.4 is 5.32 Å². The molecule has 0 atom stereocenters. The molecule has 0 saturated heterocycles. The predicted molar refractivity (Wildman–Crippen MR) is 147 cm³/mol. The van der Waals surface area contributed by atoms with Crippen molar-refractivity contribution in [3.05, 3.63) is 83.1 Å². The third-order valence-corrected chi connectivity index (χ3v) is 7.01. The normalized spacial score (nSPS) is 13.8. The van der Waals surface area contributed by atoms with E-state index in [1.54, 1.807) is 18.2 Å². The van der Waals surface area contributed by atoms with Crippen molar-refractivity contribution in [2.45, 2.75) is 32.5 Å². The minimum Gasteiger partial charge on any atom is -0.465 e. The van der Waals surface area contributed by atoms with Crippen molar-refractivity contribution in [2.24, 2.45) is 0 Å². The number of hydrogen-bond donors (Lipinski definition) is 5. The van der Waals surface area contributed by atoms with E-state index < -0.39 is 30.0 Å². The fourth-order valence-corrected chi connectivity index (χ4v) is 4.78. The number of aliphatic hydroxyl groups is 2.